The molecule has 0 bridgehead atoms. The summed E-state index contributed by atoms with van der Waals surface area (Å²) in [5.74, 6) is -1.43. The summed E-state index contributed by atoms with van der Waals surface area (Å²) in [4.78, 5) is 25.1. The van der Waals surface area contributed by atoms with Gasteiger partial charge in [0.25, 0.3) is 0 Å². The van der Waals surface area contributed by atoms with Gasteiger partial charge in [0, 0.05) is 13.1 Å². The number of aryl methyl sites for hydroxylation is 1. The van der Waals surface area contributed by atoms with Crippen molar-refractivity contribution in [3.63, 3.8) is 0 Å². The maximum absolute atomic E-state index is 13.7. The van der Waals surface area contributed by atoms with Crippen LogP contribution in [0.2, 0.25) is 0 Å². The normalized spacial score (nSPS) is 11.9. The molecule has 13 nitrogen and oxygen atoms in total. The molecule has 3 aromatic rings. The molecule has 1 aromatic carbocycles. The van der Waals surface area contributed by atoms with Crippen LogP contribution in [0.4, 0.5) is 9.18 Å². The van der Waals surface area contributed by atoms with E-state index < -0.39 is 33.5 Å². The largest absolute Gasteiger partial charge is 0.446 e. The summed E-state index contributed by atoms with van der Waals surface area (Å²) in [6.07, 6.45) is 1.97. The molecule has 0 fully saturated rings. The third kappa shape index (κ3) is 7.11. The van der Waals surface area contributed by atoms with Crippen LogP contribution < -0.4 is 5.76 Å². The van der Waals surface area contributed by atoms with E-state index in [9.17, 15) is 22.4 Å². The zero-order valence-electron chi connectivity index (χ0n) is 22.0. The Bertz CT molecular complexity index is 1540. The maximum Gasteiger partial charge on any atom is 0.446 e. The van der Waals surface area contributed by atoms with Crippen LogP contribution in [0, 0.1) is 5.82 Å². The number of hydrogen-bond acceptors (Lipinski definition) is 10. The lowest BCUT2D eigenvalue weighted by molar-refractivity contribution is 0.0396. The van der Waals surface area contributed by atoms with Gasteiger partial charge in [-0.2, -0.15) is 17.0 Å². The number of halogens is 2. The molecule has 0 N–H and O–H groups in total. The van der Waals surface area contributed by atoms with E-state index in [4.69, 9.17) is 13.9 Å². The molecule has 0 aliphatic rings. The third-order valence-corrected chi connectivity index (χ3v) is 7.63. The first-order valence-electron chi connectivity index (χ1n) is 11.9. The van der Waals surface area contributed by atoms with Crippen LogP contribution in [0.1, 0.15) is 32.9 Å². The summed E-state index contributed by atoms with van der Waals surface area (Å²) in [5, 5.41) is 11.5. The van der Waals surface area contributed by atoms with E-state index >= 15 is 0 Å². The van der Waals surface area contributed by atoms with Gasteiger partial charge in [-0.15, -0.1) is 13.2 Å². The zero-order chi connectivity index (χ0) is 29.7. The Morgan fingerprint density at radius 2 is 1.90 bits per heavy atom. The van der Waals surface area contributed by atoms with Gasteiger partial charge in [-0.05, 0) is 72.9 Å². The molecule has 0 aliphatic heterocycles. The molecule has 2 heterocycles. The molecule has 16 heteroatoms. The number of benzene rings is 1. The van der Waals surface area contributed by atoms with Crippen molar-refractivity contribution in [1.29, 1.82) is 0 Å². The van der Waals surface area contributed by atoms with Gasteiger partial charge in [0.2, 0.25) is 5.82 Å². The highest BCUT2D eigenvalue weighted by Gasteiger charge is 2.35. The van der Waals surface area contributed by atoms with Crippen molar-refractivity contribution in [2.45, 2.75) is 39.2 Å². The Labute approximate surface area is 238 Å². The maximum atomic E-state index is 13.7. The molecule has 0 aliphatic carbocycles. The Hall–Kier alpha value is -3.63. The van der Waals surface area contributed by atoms with Crippen molar-refractivity contribution in [1.82, 2.24) is 28.6 Å². The van der Waals surface area contributed by atoms with Crippen LogP contribution in [-0.2, 0) is 21.4 Å². The molecule has 2 aromatic heterocycles. The van der Waals surface area contributed by atoms with Crippen LogP contribution in [0.3, 0.4) is 0 Å². The second-order valence-corrected chi connectivity index (χ2v) is 12.0. The average molecular weight is 643 g/mol. The van der Waals surface area contributed by atoms with Crippen molar-refractivity contribution >= 4 is 32.2 Å². The quantitative estimate of drug-likeness (QED) is 0.266. The first-order chi connectivity index (χ1) is 18.8. The Kier molecular flexibility index (Phi) is 9.81. The molecular weight excluding hydrogens is 615 g/mol. The number of carbonyl (C=O) groups excluding carboxylic acids is 1. The average Bonchev–Trinajstić information content (AvgIpc) is 3.48. The number of rotatable bonds is 12. The lowest BCUT2D eigenvalue weighted by atomic mass is 10.2. The van der Waals surface area contributed by atoms with Crippen LogP contribution in [-0.4, -0.2) is 68.4 Å². The van der Waals surface area contributed by atoms with Gasteiger partial charge < -0.3 is 4.74 Å². The molecule has 216 valence electrons. The summed E-state index contributed by atoms with van der Waals surface area (Å²) in [5.41, 5.74) is -0.339. The smallest absolute Gasteiger partial charge is 0.443 e. The number of ether oxygens (including phenoxy) is 1. The Balaban J connectivity index is 1.83. The second kappa shape index (κ2) is 12.7. The second-order valence-electron chi connectivity index (χ2n) is 9.32. The summed E-state index contributed by atoms with van der Waals surface area (Å²) < 4.78 is 58.3. The molecule has 40 heavy (non-hydrogen) atoms. The van der Waals surface area contributed by atoms with E-state index in [1.807, 2.05) is 0 Å². The Morgan fingerprint density at radius 3 is 2.52 bits per heavy atom. The molecule has 3 rings (SSSR count). The Morgan fingerprint density at radius 1 is 1.20 bits per heavy atom. The zero-order valence-corrected chi connectivity index (χ0v) is 24.4. The van der Waals surface area contributed by atoms with Crippen molar-refractivity contribution in [3.05, 3.63) is 70.0 Å². The lowest BCUT2D eigenvalue weighted by Gasteiger charge is -2.30. The minimum absolute atomic E-state index is 0.0441. The number of carbonyl (C=O) groups is 1. The molecule has 0 unspecified atom stereocenters. The fraction of sp³-hybridized carbons (Fsp3) is 0.375. The van der Waals surface area contributed by atoms with E-state index in [1.165, 1.54) is 24.3 Å². The van der Waals surface area contributed by atoms with Gasteiger partial charge in [-0.1, -0.05) is 22.5 Å². The monoisotopic (exact) mass is 642 g/mol. The van der Waals surface area contributed by atoms with Gasteiger partial charge in [0.15, 0.2) is 5.69 Å². The van der Waals surface area contributed by atoms with Crippen molar-refractivity contribution in [3.8, 4) is 17.2 Å². The fourth-order valence-corrected chi connectivity index (χ4v) is 5.31. The standard InChI is InChI=1S/C24H28BrFN6O7S/c1-6-12-30(40(35,36)31(13-7-2)22(33)37-24(3,4)5)14-8-9-19-20(28-39-27-19)21-29-38-23(34)32(21)16-10-11-18(26)17(25)15-16/h6-7,10-11,15H,1-2,8-9,12-14H2,3-5H3. The van der Waals surface area contributed by atoms with Gasteiger partial charge in [-0.25, -0.2) is 23.2 Å². The number of hydrogen-bond donors (Lipinski definition) is 0. The van der Waals surface area contributed by atoms with E-state index in [0.717, 1.165) is 14.9 Å². The van der Waals surface area contributed by atoms with Gasteiger partial charge >= 0.3 is 22.1 Å². The van der Waals surface area contributed by atoms with Gasteiger partial charge in [0.1, 0.15) is 17.1 Å². The molecular formula is C24H28BrFN6O7S. The topological polar surface area (TPSA) is 154 Å². The summed E-state index contributed by atoms with van der Waals surface area (Å²) in [6, 6.07) is 3.88. The molecule has 0 saturated heterocycles. The number of amides is 1. The van der Waals surface area contributed by atoms with E-state index in [1.54, 1.807) is 20.8 Å². The highest BCUT2D eigenvalue weighted by Crippen LogP contribution is 2.25. The highest BCUT2D eigenvalue weighted by atomic mass is 79.9. The summed E-state index contributed by atoms with van der Waals surface area (Å²) in [7, 11) is -4.33. The highest BCUT2D eigenvalue weighted by molar-refractivity contribution is 9.10. The lowest BCUT2D eigenvalue weighted by Crippen LogP contribution is -2.48. The van der Waals surface area contributed by atoms with Crippen LogP contribution in [0.5, 0.6) is 0 Å². The van der Waals surface area contributed by atoms with Crippen LogP contribution >= 0.6 is 15.9 Å². The molecule has 0 atom stereocenters. The minimum atomic E-state index is -4.33. The predicted octanol–water partition coefficient (Wildman–Crippen LogP) is 3.87. The molecule has 1 amide bonds. The molecule has 0 radical (unpaired) electrons. The summed E-state index contributed by atoms with van der Waals surface area (Å²) in [6.45, 7) is 11.6. The first kappa shape index (κ1) is 30.9. The fourth-order valence-electron chi connectivity index (χ4n) is 3.49. The molecule has 0 spiro atoms. The SMILES string of the molecule is C=CCN(CCCc1nonc1-c1noc(=O)n1-c1ccc(F)c(Br)c1)S(=O)(=O)N(CC=C)C(=O)OC(C)(C)C. The van der Waals surface area contributed by atoms with Gasteiger partial charge in [-0.3, -0.25) is 4.52 Å². The van der Waals surface area contributed by atoms with E-state index in [0.29, 0.717) is 4.31 Å². The third-order valence-electron chi connectivity index (χ3n) is 5.18. The van der Waals surface area contributed by atoms with Crippen LogP contribution in [0.25, 0.3) is 17.2 Å². The van der Waals surface area contributed by atoms with E-state index in [2.05, 4.69) is 44.6 Å². The summed E-state index contributed by atoms with van der Waals surface area (Å²) >= 11 is 3.08. The predicted molar refractivity (Wildman–Crippen MR) is 145 cm³/mol. The molecule has 0 saturated carbocycles. The number of nitrogens with zero attached hydrogens (tertiary/aromatic N) is 6. The number of aromatic nitrogens is 4. The van der Waals surface area contributed by atoms with E-state index in [-0.39, 0.29) is 59.8 Å². The first-order valence-corrected chi connectivity index (χ1v) is 14.1. The minimum Gasteiger partial charge on any atom is -0.443 e. The van der Waals surface area contributed by atoms with Crippen LogP contribution in [0.15, 0.2) is 61.9 Å². The van der Waals surface area contributed by atoms with Crippen molar-refractivity contribution in [2.24, 2.45) is 0 Å². The van der Waals surface area contributed by atoms with Crippen molar-refractivity contribution in [2.75, 3.05) is 19.6 Å². The van der Waals surface area contributed by atoms with Crippen molar-refractivity contribution < 1.29 is 31.5 Å². The van der Waals surface area contributed by atoms with Gasteiger partial charge in [0.05, 0.1) is 16.7 Å².